The molecule has 3 aromatic rings. The van der Waals surface area contributed by atoms with Crippen molar-refractivity contribution in [3.63, 3.8) is 0 Å². The summed E-state index contributed by atoms with van der Waals surface area (Å²) in [5.74, 6) is 0.952. The summed E-state index contributed by atoms with van der Waals surface area (Å²) in [7, 11) is 1.61. The Labute approximate surface area is 194 Å². The molecule has 3 N–H and O–H groups in total. The van der Waals surface area contributed by atoms with Crippen LogP contribution in [0.25, 0.3) is 0 Å². The molecule has 1 aromatic heterocycles. The van der Waals surface area contributed by atoms with E-state index in [9.17, 15) is 9.90 Å². The van der Waals surface area contributed by atoms with Crippen molar-refractivity contribution in [3.05, 3.63) is 83.6 Å². The van der Waals surface area contributed by atoms with Gasteiger partial charge >= 0.3 is 0 Å². The van der Waals surface area contributed by atoms with E-state index in [4.69, 9.17) is 4.74 Å². The number of nitrogens with one attached hydrogen (secondary N) is 2. The number of nitrogens with zero attached hydrogens (tertiary/aromatic N) is 2. The number of ether oxygens (including phenoxy) is 1. The van der Waals surface area contributed by atoms with Crippen LogP contribution in [0.5, 0.6) is 5.75 Å². The topological polar surface area (TPSA) is 86.7 Å². The van der Waals surface area contributed by atoms with Crippen molar-refractivity contribution in [1.82, 2.24) is 15.2 Å². The van der Waals surface area contributed by atoms with Crippen LogP contribution in [0.1, 0.15) is 34.3 Å². The van der Waals surface area contributed by atoms with Crippen LogP contribution < -0.4 is 15.4 Å². The first-order valence-electron chi connectivity index (χ1n) is 11.2. The molecule has 0 radical (unpaired) electrons. The average Bonchev–Trinajstić information content (AvgIpc) is 2.85. The summed E-state index contributed by atoms with van der Waals surface area (Å²) >= 11 is 0. The molecule has 1 aliphatic heterocycles. The van der Waals surface area contributed by atoms with Gasteiger partial charge in [-0.2, -0.15) is 0 Å². The van der Waals surface area contributed by atoms with E-state index < -0.39 is 0 Å². The number of hydrogen-bond donors (Lipinski definition) is 3. The second-order valence-electron chi connectivity index (χ2n) is 8.23. The van der Waals surface area contributed by atoms with Gasteiger partial charge in [0.2, 0.25) is 0 Å². The molecule has 0 unspecified atom stereocenters. The maximum Gasteiger partial charge on any atom is 0.255 e. The lowest BCUT2D eigenvalue weighted by Crippen LogP contribution is -2.35. The molecule has 0 atom stereocenters. The van der Waals surface area contributed by atoms with Gasteiger partial charge in [0.15, 0.2) is 0 Å². The molecule has 0 saturated carbocycles. The molecular weight excluding hydrogens is 416 g/mol. The molecule has 1 fully saturated rings. The van der Waals surface area contributed by atoms with Gasteiger partial charge in [-0.05, 0) is 48.2 Å². The van der Waals surface area contributed by atoms with Gasteiger partial charge < -0.3 is 20.5 Å². The van der Waals surface area contributed by atoms with E-state index in [1.807, 2.05) is 36.4 Å². The molecule has 33 heavy (non-hydrogen) atoms. The molecule has 172 valence electrons. The van der Waals surface area contributed by atoms with Gasteiger partial charge in [-0.15, -0.1) is 0 Å². The molecule has 1 saturated heterocycles. The molecule has 1 aliphatic rings. The number of carbonyl (C=O) groups excluding carboxylic acids is 1. The maximum atomic E-state index is 12.9. The molecule has 7 nitrogen and oxygen atoms in total. The van der Waals surface area contributed by atoms with Crippen LogP contribution in [0.3, 0.4) is 0 Å². The van der Waals surface area contributed by atoms with Crippen LogP contribution >= 0.6 is 0 Å². The zero-order chi connectivity index (χ0) is 23.0. The average molecular weight is 447 g/mol. The van der Waals surface area contributed by atoms with E-state index in [2.05, 4.69) is 32.7 Å². The third-order valence-corrected chi connectivity index (χ3v) is 5.85. The summed E-state index contributed by atoms with van der Waals surface area (Å²) in [6, 6.07) is 19.3. The highest BCUT2D eigenvalue weighted by Crippen LogP contribution is 2.27. The Bertz CT molecular complexity index is 1060. The standard InChI is InChI=1S/C26H30N4O3/c1-33-24-7-3-2-6-23(24)29-25-22(5-4-14-27-25)26(32)28-17-19-8-10-20(11-9-19)18-30-15-12-21(31)13-16-30/h2-11,14,21,31H,12-13,15-18H2,1H3,(H,27,29)(H,28,32). The number of piperidine rings is 1. The Hall–Kier alpha value is -3.42. The number of pyridine rings is 1. The Morgan fingerprint density at radius 2 is 1.79 bits per heavy atom. The third kappa shape index (κ3) is 6.09. The normalized spacial score (nSPS) is 14.6. The van der Waals surface area contributed by atoms with Crippen LogP contribution in [-0.2, 0) is 13.1 Å². The van der Waals surface area contributed by atoms with E-state index in [1.54, 1.807) is 25.4 Å². The van der Waals surface area contributed by atoms with E-state index >= 15 is 0 Å². The Morgan fingerprint density at radius 1 is 1.06 bits per heavy atom. The van der Waals surface area contributed by atoms with E-state index in [1.165, 1.54) is 5.56 Å². The number of benzene rings is 2. The summed E-state index contributed by atoms with van der Waals surface area (Å²) in [5.41, 5.74) is 3.47. The SMILES string of the molecule is COc1ccccc1Nc1ncccc1C(=O)NCc1ccc(CN2CCC(O)CC2)cc1. The first kappa shape index (κ1) is 22.8. The van der Waals surface area contributed by atoms with Gasteiger partial charge in [-0.3, -0.25) is 9.69 Å². The number of para-hydroxylation sites is 2. The van der Waals surface area contributed by atoms with Crippen LogP contribution in [0.15, 0.2) is 66.9 Å². The number of rotatable bonds is 8. The first-order chi connectivity index (χ1) is 16.1. The van der Waals surface area contributed by atoms with Gasteiger partial charge in [-0.25, -0.2) is 4.98 Å². The number of aromatic nitrogens is 1. The van der Waals surface area contributed by atoms with Gasteiger partial charge in [0.05, 0.1) is 24.5 Å². The highest BCUT2D eigenvalue weighted by atomic mass is 16.5. The van der Waals surface area contributed by atoms with E-state index in [0.717, 1.165) is 43.7 Å². The fraction of sp³-hybridized carbons (Fsp3) is 0.308. The number of aliphatic hydroxyl groups is 1. The minimum atomic E-state index is -0.198. The highest BCUT2D eigenvalue weighted by Gasteiger charge is 2.17. The molecule has 2 heterocycles. The van der Waals surface area contributed by atoms with Crippen molar-refractivity contribution in [2.75, 3.05) is 25.5 Å². The number of anilines is 2. The summed E-state index contributed by atoms with van der Waals surface area (Å²) < 4.78 is 5.38. The summed E-state index contributed by atoms with van der Waals surface area (Å²) in [6.07, 6.45) is 3.17. The molecule has 0 bridgehead atoms. The van der Waals surface area contributed by atoms with E-state index in [-0.39, 0.29) is 12.0 Å². The van der Waals surface area contributed by atoms with Gasteiger partial charge in [0, 0.05) is 32.4 Å². The summed E-state index contributed by atoms with van der Waals surface area (Å²) in [5, 5.41) is 15.8. The smallest absolute Gasteiger partial charge is 0.255 e. The van der Waals surface area contributed by atoms with Crippen molar-refractivity contribution in [2.45, 2.75) is 32.0 Å². The summed E-state index contributed by atoms with van der Waals surface area (Å²) in [4.78, 5) is 19.6. The second kappa shape index (κ2) is 10.9. The number of methoxy groups -OCH3 is 1. The van der Waals surface area contributed by atoms with Crippen molar-refractivity contribution >= 4 is 17.4 Å². The van der Waals surface area contributed by atoms with Crippen molar-refractivity contribution < 1.29 is 14.6 Å². The quantitative estimate of drug-likeness (QED) is 0.489. The lowest BCUT2D eigenvalue weighted by atomic mass is 10.1. The number of likely N-dealkylation sites (tertiary alicyclic amines) is 1. The first-order valence-corrected chi connectivity index (χ1v) is 11.2. The Balaban J connectivity index is 1.35. The van der Waals surface area contributed by atoms with Crippen molar-refractivity contribution in [1.29, 1.82) is 0 Å². The number of aliphatic hydroxyl groups excluding tert-OH is 1. The lowest BCUT2D eigenvalue weighted by molar-refractivity contribution is 0.0792. The van der Waals surface area contributed by atoms with Crippen LogP contribution in [0, 0.1) is 0 Å². The predicted octanol–water partition coefficient (Wildman–Crippen LogP) is 3.72. The molecule has 0 spiro atoms. The number of amides is 1. The minimum absolute atomic E-state index is 0.155. The zero-order valence-electron chi connectivity index (χ0n) is 18.8. The lowest BCUT2D eigenvalue weighted by Gasteiger charge is -2.29. The van der Waals surface area contributed by atoms with Crippen molar-refractivity contribution in [2.24, 2.45) is 0 Å². The third-order valence-electron chi connectivity index (χ3n) is 5.85. The molecule has 1 amide bonds. The summed E-state index contributed by atoms with van der Waals surface area (Å²) in [6.45, 7) is 3.16. The number of hydrogen-bond acceptors (Lipinski definition) is 6. The largest absolute Gasteiger partial charge is 0.495 e. The highest BCUT2D eigenvalue weighted by molar-refractivity contribution is 5.99. The Morgan fingerprint density at radius 3 is 2.55 bits per heavy atom. The van der Waals surface area contributed by atoms with Crippen LogP contribution in [0.4, 0.5) is 11.5 Å². The molecule has 2 aromatic carbocycles. The predicted molar refractivity (Wildman–Crippen MR) is 129 cm³/mol. The van der Waals surface area contributed by atoms with E-state index in [0.29, 0.717) is 23.7 Å². The van der Waals surface area contributed by atoms with Gasteiger partial charge in [-0.1, -0.05) is 36.4 Å². The maximum absolute atomic E-state index is 12.9. The second-order valence-corrected chi connectivity index (χ2v) is 8.23. The molecule has 0 aliphatic carbocycles. The Kier molecular flexibility index (Phi) is 7.55. The molecular formula is C26H30N4O3. The monoisotopic (exact) mass is 446 g/mol. The van der Waals surface area contributed by atoms with Crippen molar-refractivity contribution in [3.8, 4) is 5.75 Å². The van der Waals surface area contributed by atoms with Gasteiger partial charge in [0.25, 0.3) is 5.91 Å². The molecule has 7 heteroatoms. The zero-order valence-corrected chi connectivity index (χ0v) is 18.8. The van der Waals surface area contributed by atoms with Crippen LogP contribution in [0.2, 0.25) is 0 Å². The van der Waals surface area contributed by atoms with Crippen LogP contribution in [-0.4, -0.2) is 47.2 Å². The number of carbonyl (C=O) groups is 1. The minimum Gasteiger partial charge on any atom is -0.495 e. The molecule has 4 rings (SSSR count). The van der Waals surface area contributed by atoms with Gasteiger partial charge in [0.1, 0.15) is 11.6 Å². The fourth-order valence-corrected chi connectivity index (χ4v) is 3.94. The fourth-order valence-electron chi connectivity index (χ4n) is 3.94.